The van der Waals surface area contributed by atoms with E-state index in [4.69, 9.17) is 0 Å². The van der Waals surface area contributed by atoms with Gasteiger partial charge in [0.05, 0.1) is 11.9 Å². The van der Waals surface area contributed by atoms with Crippen molar-refractivity contribution >= 4 is 27.5 Å². The predicted octanol–water partition coefficient (Wildman–Crippen LogP) is 4.15. The van der Waals surface area contributed by atoms with Crippen molar-refractivity contribution in [3.05, 3.63) is 102 Å². The van der Waals surface area contributed by atoms with Gasteiger partial charge >= 0.3 is 0 Å². The van der Waals surface area contributed by atoms with Crippen LogP contribution in [0.5, 0.6) is 0 Å². The normalized spacial score (nSPS) is 12.4. The molecule has 1 atom stereocenters. The third-order valence-corrected chi connectivity index (χ3v) is 6.89. The Bertz CT molecular complexity index is 1340. The van der Waals surface area contributed by atoms with Crippen molar-refractivity contribution in [2.45, 2.75) is 45.3 Å². The van der Waals surface area contributed by atoms with Gasteiger partial charge in [-0.3, -0.25) is 13.9 Å². The van der Waals surface area contributed by atoms with Gasteiger partial charge in [0.1, 0.15) is 18.4 Å². The number of hydrogen-bond donors (Lipinski definition) is 1. The summed E-state index contributed by atoms with van der Waals surface area (Å²) in [5, 5.41) is 2.96. The number of hydrogen-bond acceptors (Lipinski definition) is 4. The van der Waals surface area contributed by atoms with Crippen LogP contribution in [0.2, 0.25) is 0 Å². The fourth-order valence-corrected chi connectivity index (χ4v) is 4.89. The van der Waals surface area contributed by atoms with E-state index in [1.807, 2.05) is 81.4 Å². The van der Waals surface area contributed by atoms with Gasteiger partial charge in [0.15, 0.2) is 0 Å². The van der Waals surface area contributed by atoms with Crippen molar-refractivity contribution in [1.29, 1.82) is 0 Å². The summed E-state index contributed by atoms with van der Waals surface area (Å²) in [7, 11) is -4.03. The average Bonchev–Trinajstić information content (AvgIpc) is 2.84. The van der Waals surface area contributed by atoms with Crippen LogP contribution >= 0.6 is 0 Å². The van der Waals surface area contributed by atoms with E-state index in [0.717, 1.165) is 27.8 Å². The molecule has 38 heavy (non-hydrogen) atoms. The van der Waals surface area contributed by atoms with Gasteiger partial charge in [-0.2, -0.15) is 0 Å². The van der Waals surface area contributed by atoms with Crippen molar-refractivity contribution in [2.24, 2.45) is 0 Å². The zero-order valence-electron chi connectivity index (χ0n) is 22.1. The van der Waals surface area contributed by atoms with Crippen LogP contribution in [-0.4, -0.2) is 49.5 Å². The highest BCUT2D eigenvalue weighted by Gasteiger charge is 2.34. The molecule has 3 rings (SSSR count). The number of rotatable bonds is 10. The Balaban J connectivity index is 2.06. The molecule has 9 heteroatoms. The molecule has 0 aliphatic carbocycles. The number of carbonyl (C=O) groups excluding carboxylic acids is 2. The van der Waals surface area contributed by atoms with E-state index in [1.54, 1.807) is 0 Å². The van der Waals surface area contributed by atoms with E-state index >= 15 is 0 Å². The molecular formula is C29H34FN3O4S. The monoisotopic (exact) mass is 539 g/mol. The summed E-state index contributed by atoms with van der Waals surface area (Å²) in [6, 6.07) is 22.8. The summed E-state index contributed by atoms with van der Waals surface area (Å²) in [6.45, 7) is 4.93. The second-order valence-electron chi connectivity index (χ2n) is 10.2. The Morgan fingerprint density at radius 1 is 0.868 bits per heavy atom. The largest absolute Gasteiger partial charge is 0.350 e. The number of halogens is 1. The second kappa shape index (κ2) is 12.2. The van der Waals surface area contributed by atoms with E-state index in [9.17, 15) is 22.4 Å². The molecule has 1 N–H and O–H groups in total. The molecule has 7 nitrogen and oxygen atoms in total. The third kappa shape index (κ3) is 8.14. The maximum atomic E-state index is 14.6. The number of amides is 2. The highest BCUT2D eigenvalue weighted by molar-refractivity contribution is 7.92. The first kappa shape index (κ1) is 28.8. The minimum Gasteiger partial charge on any atom is -0.350 e. The van der Waals surface area contributed by atoms with Crippen LogP contribution in [0.15, 0.2) is 84.9 Å². The number of anilines is 1. The van der Waals surface area contributed by atoms with Crippen LogP contribution in [0.25, 0.3) is 0 Å². The summed E-state index contributed by atoms with van der Waals surface area (Å²) < 4.78 is 40.8. The molecular weight excluding hydrogens is 505 g/mol. The highest BCUT2D eigenvalue weighted by atomic mass is 32.2. The Labute approximate surface area is 224 Å². The van der Waals surface area contributed by atoms with Crippen molar-refractivity contribution in [1.82, 2.24) is 10.2 Å². The number of nitrogens with one attached hydrogen (secondary N) is 1. The maximum Gasteiger partial charge on any atom is 0.244 e. The minimum atomic E-state index is -4.03. The molecule has 0 aliphatic rings. The molecule has 0 saturated heterocycles. The molecule has 0 unspecified atom stereocenters. The molecule has 0 saturated carbocycles. The van der Waals surface area contributed by atoms with Crippen molar-refractivity contribution < 1.29 is 22.4 Å². The molecule has 0 aromatic heterocycles. The number of carbonyl (C=O) groups is 2. The van der Waals surface area contributed by atoms with Crippen LogP contribution in [0.3, 0.4) is 0 Å². The highest BCUT2D eigenvalue weighted by Crippen LogP contribution is 2.23. The molecule has 0 radical (unpaired) electrons. The summed E-state index contributed by atoms with van der Waals surface area (Å²) in [5.41, 5.74) is 0.793. The lowest BCUT2D eigenvalue weighted by Crippen LogP contribution is -2.56. The summed E-state index contributed by atoms with van der Waals surface area (Å²) in [5.74, 6) is -1.78. The number of para-hydroxylation sites is 1. The van der Waals surface area contributed by atoms with Crippen LogP contribution in [0.4, 0.5) is 10.1 Å². The number of benzene rings is 3. The van der Waals surface area contributed by atoms with Gasteiger partial charge in [0.2, 0.25) is 21.8 Å². The lowest BCUT2D eigenvalue weighted by atomic mass is 10.0. The Kier molecular flexibility index (Phi) is 9.27. The average molecular weight is 540 g/mol. The first-order chi connectivity index (χ1) is 17.8. The smallest absolute Gasteiger partial charge is 0.244 e. The minimum absolute atomic E-state index is 0.0591. The molecule has 3 aromatic carbocycles. The van der Waals surface area contributed by atoms with Gasteiger partial charge in [0.25, 0.3) is 0 Å². The van der Waals surface area contributed by atoms with Gasteiger partial charge in [-0.15, -0.1) is 0 Å². The first-order valence-electron chi connectivity index (χ1n) is 12.3. The molecule has 3 aromatic rings. The Morgan fingerprint density at radius 2 is 1.39 bits per heavy atom. The lowest BCUT2D eigenvalue weighted by molar-refractivity contribution is -0.140. The predicted molar refractivity (Wildman–Crippen MR) is 147 cm³/mol. The van der Waals surface area contributed by atoms with Gasteiger partial charge < -0.3 is 10.2 Å². The van der Waals surface area contributed by atoms with Crippen LogP contribution in [0.1, 0.15) is 31.9 Å². The maximum absolute atomic E-state index is 14.6. The van der Waals surface area contributed by atoms with Crippen LogP contribution in [0, 0.1) is 5.82 Å². The van der Waals surface area contributed by atoms with Gasteiger partial charge in [0, 0.05) is 18.5 Å². The lowest BCUT2D eigenvalue weighted by Gasteiger charge is -2.35. The molecule has 0 aliphatic heterocycles. The molecule has 0 spiro atoms. The Morgan fingerprint density at radius 3 is 1.92 bits per heavy atom. The first-order valence-corrected chi connectivity index (χ1v) is 14.1. The van der Waals surface area contributed by atoms with Gasteiger partial charge in [-0.1, -0.05) is 72.8 Å². The number of nitrogens with zero attached hydrogens (tertiary/aromatic N) is 2. The molecule has 0 bridgehead atoms. The Hall–Kier alpha value is -3.72. The van der Waals surface area contributed by atoms with E-state index in [0.29, 0.717) is 0 Å². The van der Waals surface area contributed by atoms with Crippen LogP contribution < -0.4 is 9.62 Å². The second-order valence-corrected chi connectivity index (χ2v) is 12.1. The van der Waals surface area contributed by atoms with Crippen molar-refractivity contribution in [3.63, 3.8) is 0 Å². The quantitative estimate of drug-likeness (QED) is 0.420. The molecule has 202 valence electrons. The van der Waals surface area contributed by atoms with Crippen molar-refractivity contribution in [2.75, 3.05) is 17.1 Å². The number of sulfonamides is 1. The fourth-order valence-electron chi connectivity index (χ4n) is 4.04. The van der Waals surface area contributed by atoms with E-state index in [-0.39, 0.29) is 24.6 Å². The summed E-state index contributed by atoms with van der Waals surface area (Å²) >= 11 is 0. The van der Waals surface area contributed by atoms with Gasteiger partial charge in [-0.25, -0.2) is 12.8 Å². The molecule has 0 fully saturated rings. The van der Waals surface area contributed by atoms with Crippen LogP contribution in [-0.2, 0) is 32.6 Å². The van der Waals surface area contributed by atoms with Gasteiger partial charge in [-0.05, 0) is 44.0 Å². The zero-order valence-corrected chi connectivity index (χ0v) is 22.9. The van der Waals surface area contributed by atoms with E-state index < -0.39 is 39.9 Å². The van der Waals surface area contributed by atoms with E-state index in [2.05, 4.69) is 5.32 Å². The topological polar surface area (TPSA) is 86.8 Å². The molecule has 2 amide bonds. The van der Waals surface area contributed by atoms with E-state index in [1.165, 1.54) is 23.1 Å². The summed E-state index contributed by atoms with van der Waals surface area (Å²) in [4.78, 5) is 28.9. The SMILES string of the molecule is CC(C)(C)NC(=O)[C@@H](Cc1ccccc1)N(Cc1ccccc1)C(=O)CN(c1ccccc1F)S(C)(=O)=O. The third-order valence-electron chi connectivity index (χ3n) is 5.77. The fraction of sp³-hybridized carbons (Fsp3) is 0.310. The zero-order chi connectivity index (χ0) is 27.9. The molecule has 0 heterocycles. The van der Waals surface area contributed by atoms with Crippen molar-refractivity contribution in [3.8, 4) is 0 Å². The standard InChI is InChI=1S/C29H34FN3O4S/c1-29(2,3)31-28(35)26(19-22-13-7-5-8-14-22)32(20-23-15-9-6-10-16-23)27(34)21-33(38(4,36)37)25-18-12-11-17-24(25)30/h5-18,26H,19-21H2,1-4H3,(H,31,35)/t26-/m1/s1. The summed E-state index contributed by atoms with van der Waals surface area (Å²) in [6.07, 6.45) is 1.13.